The van der Waals surface area contributed by atoms with Gasteiger partial charge in [0, 0.05) is 5.75 Å². The third-order valence-corrected chi connectivity index (χ3v) is 9.36. The normalized spacial score (nSPS) is 25.3. The molecule has 0 aliphatic heterocycles. The van der Waals surface area contributed by atoms with Crippen LogP contribution in [0.5, 0.6) is 0 Å². The van der Waals surface area contributed by atoms with Crippen LogP contribution in [0.25, 0.3) is 5.69 Å². The van der Waals surface area contributed by atoms with Crippen LogP contribution in [0.2, 0.25) is 0 Å². The Hall–Kier alpha value is -2.14. The van der Waals surface area contributed by atoms with Gasteiger partial charge >= 0.3 is 0 Å². The molecule has 3 aromatic rings. The van der Waals surface area contributed by atoms with Crippen LogP contribution in [0.15, 0.2) is 59.8 Å². The van der Waals surface area contributed by atoms with Gasteiger partial charge in [-0.1, -0.05) is 67.6 Å². The van der Waals surface area contributed by atoms with Crippen LogP contribution < -0.4 is 0 Å². The van der Waals surface area contributed by atoms with E-state index >= 15 is 0 Å². The lowest BCUT2D eigenvalue weighted by Gasteiger charge is -2.38. The van der Waals surface area contributed by atoms with E-state index in [1.165, 1.54) is 69.8 Å². The molecule has 34 heavy (non-hydrogen) atoms. The topological polar surface area (TPSA) is 43.6 Å². The lowest BCUT2D eigenvalue weighted by atomic mass is 9.68. The second-order valence-electron chi connectivity index (χ2n) is 10.4. The van der Waals surface area contributed by atoms with E-state index in [0.29, 0.717) is 0 Å². The Morgan fingerprint density at radius 3 is 2.18 bits per heavy atom. The number of hydrogen-bond acceptors (Lipinski definition) is 4. The van der Waals surface area contributed by atoms with Gasteiger partial charge in [-0.15, -0.1) is 5.10 Å². The average Bonchev–Trinajstić information content (AvgIpc) is 3.38. The Kier molecular flexibility index (Phi) is 8.00. The number of aromatic nitrogens is 4. The Morgan fingerprint density at radius 2 is 1.50 bits per heavy atom. The molecule has 0 N–H and O–H groups in total. The summed E-state index contributed by atoms with van der Waals surface area (Å²) in [6.07, 6.45) is 13.6. The van der Waals surface area contributed by atoms with Crippen molar-refractivity contribution in [2.24, 2.45) is 17.8 Å². The van der Waals surface area contributed by atoms with E-state index in [-0.39, 0.29) is 0 Å². The number of hydrogen-bond donors (Lipinski definition) is 0. The molecule has 2 saturated carbocycles. The van der Waals surface area contributed by atoms with Gasteiger partial charge in [0.05, 0.1) is 5.69 Å². The predicted octanol–water partition coefficient (Wildman–Crippen LogP) is 7.49. The van der Waals surface area contributed by atoms with Gasteiger partial charge in [0.2, 0.25) is 5.16 Å². The predicted molar refractivity (Wildman–Crippen MR) is 140 cm³/mol. The molecule has 1 aromatic heterocycles. The van der Waals surface area contributed by atoms with Crippen LogP contribution in [0, 0.1) is 17.8 Å². The van der Waals surface area contributed by atoms with E-state index in [1.54, 1.807) is 5.56 Å². The molecule has 180 valence electrons. The number of benzene rings is 2. The summed E-state index contributed by atoms with van der Waals surface area (Å²) < 4.78 is 1.87. The maximum Gasteiger partial charge on any atom is 0.214 e. The molecule has 1 heterocycles. The SMILES string of the molecule is CCCc1ccc(C2CCC(C3CCC(CSc4nnnn4-c4ccccc4)CC3)CC2)cc1. The smallest absolute Gasteiger partial charge is 0.188 e. The van der Waals surface area contributed by atoms with E-state index in [4.69, 9.17) is 0 Å². The highest BCUT2D eigenvalue weighted by atomic mass is 32.2. The molecule has 2 aliphatic carbocycles. The lowest BCUT2D eigenvalue weighted by Crippen LogP contribution is -2.26. The quantitative estimate of drug-likeness (QED) is 0.317. The van der Waals surface area contributed by atoms with E-state index in [9.17, 15) is 0 Å². The molecule has 0 unspecified atom stereocenters. The molecule has 0 amide bonds. The van der Waals surface area contributed by atoms with Crippen molar-refractivity contribution in [2.75, 3.05) is 5.75 Å². The second-order valence-corrected chi connectivity index (χ2v) is 11.4. The van der Waals surface area contributed by atoms with E-state index in [1.807, 2.05) is 34.6 Å². The van der Waals surface area contributed by atoms with Crippen LogP contribution in [-0.4, -0.2) is 26.0 Å². The maximum absolute atomic E-state index is 4.28. The van der Waals surface area contributed by atoms with Gasteiger partial charge in [-0.2, -0.15) is 4.68 Å². The number of tetrazole rings is 1. The van der Waals surface area contributed by atoms with Gasteiger partial charge in [0.25, 0.3) is 0 Å². The van der Waals surface area contributed by atoms with Gasteiger partial charge in [-0.25, -0.2) is 0 Å². The highest BCUT2D eigenvalue weighted by Gasteiger charge is 2.31. The van der Waals surface area contributed by atoms with Crippen molar-refractivity contribution in [3.05, 3.63) is 65.7 Å². The van der Waals surface area contributed by atoms with Gasteiger partial charge < -0.3 is 0 Å². The van der Waals surface area contributed by atoms with Gasteiger partial charge in [-0.3, -0.25) is 0 Å². The molecule has 0 bridgehead atoms. The largest absolute Gasteiger partial charge is 0.214 e. The first-order valence-electron chi connectivity index (χ1n) is 13.4. The number of nitrogens with zero attached hydrogens (tertiary/aromatic N) is 4. The third-order valence-electron chi connectivity index (χ3n) is 8.21. The molecule has 4 nitrogen and oxygen atoms in total. The molecule has 0 atom stereocenters. The first-order valence-corrected chi connectivity index (χ1v) is 14.3. The lowest BCUT2D eigenvalue weighted by molar-refractivity contribution is 0.166. The molecular weight excluding hydrogens is 436 g/mol. The number of rotatable bonds is 8. The minimum absolute atomic E-state index is 0.787. The Balaban J connectivity index is 1.06. The van der Waals surface area contributed by atoms with Crippen molar-refractivity contribution in [3.8, 4) is 5.69 Å². The molecule has 0 radical (unpaired) electrons. The summed E-state index contributed by atoms with van der Waals surface area (Å²) in [5.74, 6) is 4.61. The van der Waals surface area contributed by atoms with E-state index in [2.05, 4.69) is 58.8 Å². The first-order chi connectivity index (χ1) is 16.8. The molecule has 0 saturated heterocycles. The van der Waals surface area contributed by atoms with Crippen molar-refractivity contribution in [3.63, 3.8) is 0 Å². The zero-order valence-electron chi connectivity index (χ0n) is 20.5. The molecule has 2 fully saturated rings. The molecule has 0 spiro atoms. The fraction of sp³-hybridized carbons (Fsp3) is 0.552. The Labute approximate surface area is 208 Å². The molecule has 5 rings (SSSR count). The minimum atomic E-state index is 0.787. The fourth-order valence-electron chi connectivity index (χ4n) is 6.19. The van der Waals surface area contributed by atoms with Crippen LogP contribution in [0.1, 0.15) is 81.8 Å². The molecule has 2 aromatic carbocycles. The maximum atomic E-state index is 4.28. The first kappa shape index (κ1) is 23.6. The van der Waals surface area contributed by atoms with E-state index in [0.717, 1.165) is 40.3 Å². The van der Waals surface area contributed by atoms with Crippen molar-refractivity contribution >= 4 is 11.8 Å². The fourth-order valence-corrected chi connectivity index (χ4v) is 7.26. The number of aryl methyl sites for hydroxylation is 1. The van der Waals surface area contributed by atoms with Gasteiger partial charge in [-0.05, 0) is 115 Å². The van der Waals surface area contributed by atoms with Crippen molar-refractivity contribution in [1.82, 2.24) is 20.2 Å². The Bertz CT molecular complexity index is 1000. The molecular formula is C29H38N4S. The highest BCUT2D eigenvalue weighted by Crippen LogP contribution is 2.44. The summed E-state index contributed by atoms with van der Waals surface area (Å²) in [6, 6.07) is 19.7. The molecule has 2 aliphatic rings. The molecule has 5 heteroatoms. The highest BCUT2D eigenvalue weighted by molar-refractivity contribution is 7.99. The summed E-state index contributed by atoms with van der Waals surface area (Å²) >= 11 is 1.82. The van der Waals surface area contributed by atoms with Crippen LogP contribution in [0.4, 0.5) is 0 Å². The zero-order chi connectivity index (χ0) is 23.2. The summed E-state index contributed by atoms with van der Waals surface area (Å²) in [4.78, 5) is 0. The summed E-state index contributed by atoms with van der Waals surface area (Å²) in [7, 11) is 0. The average molecular weight is 475 g/mol. The van der Waals surface area contributed by atoms with Crippen LogP contribution >= 0.6 is 11.8 Å². The second kappa shape index (κ2) is 11.5. The van der Waals surface area contributed by atoms with E-state index < -0.39 is 0 Å². The monoisotopic (exact) mass is 474 g/mol. The number of para-hydroxylation sites is 1. The van der Waals surface area contributed by atoms with Gasteiger partial charge in [0.15, 0.2) is 0 Å². The van der Waals surface area contributed by atoms with Gasteiger partial charge in [0.1, 0.15) is 0 Å². The summed E-state index contributed by atoms with van der Waals surface area (Å²) in [6.45, 7) is 2.26. The zero-order valence-corrected chi connectivity index (χ0v) is 21.3. The summed E-state index contributed by atoms with van der Waals surface area (Å²) in [5.41, 5.74) is 4.11. The standard InChI is InChI=1S/C29H38N4S/c1-2-6-22-9-13-24(14-10-22)26-17-19-27(20-18-26)25-15-11-23(12-16-25)21-34-29-30-31-32-33(29)28-7-4-3-5-8-28/h3-5,7-10,13-14,23,25-27H,2,6,11-12,15-21H2,1H3. The van der Waals surface area contributed by atoms with Crippen molar-refractivity contribution in [1.29, 1.82) is 0 Å². The third kappa shape index (κ3) is 5.73. The summed E-state index contributed by atoms with van der Waals surface area (Å²) in [5, 5.41) is 13.3. The van der Waals surface area contributed by atoms with Crippen molar-refractivity contribution < 1.29 is 0 Å². The number of thioether (sulfide) groups is 1. The van der Waals surface area contributed by atoms with Crippen LogP contribution in [-0.2, 0) is 6.42 Å². The van der Waals surface area contributed by atoms with Crippen molar-refractivity contribution in [2.45, 2.75) is 82.2 Å². The minimum Gasteiger partial charge on any atom is -0.188 e. The Morgan fingerprint density at radius 1 is 0.824 bits per heavy atom. The van der Waals surface area contributed by atoms with Crippen LogP contribution in [0.3, 0.4) is 0 Å².